The molecule has 0 saturated heterocycles. The molecule has 2 N–H and O–H groups in total. The minimum atomic E-state index is -0.815. The second kappa shape index (κ2) is 5.83. The van der Waals surface area contributed by atoms with Gasteiger partial charge in [0.15, 0.2) is 0 Å². The Hall–Kier alpha value is -1.93. The Morgan fingerprint density at radius 3 is 2.56 bits per heavy atom. The van der Waals surface area contributed by atoms with Crippen LogP contribution in [0.15, 0.2) is 18.2 Å². The van der Waals surface area contributed by atoms with Gasteiger partial charge >= 0.3 is 0 Å². The number of halogens is 2. The standard InChI is InChI=1S/C11H10F2N2O/c1-2-6-14-7-10(16)15-11-8(12)4-3-5-9(11)13/h1,3-5,14H,6-7H2,(H,15,16). The fourth-order valence-corrected chi connectivity index (χ4v) is 1.05. The first-order chi connectivity index (χ1) is 7.65. The van der Waals surface area contributed by atoms with E-state index in [-0.39, 0.29) is 13.1 Å². The molecule has 0 aliphatic heterocycles. The van der Waals surface area contributed by atoms with Crippen LogP contribution >= 0.6 is 0 Å². The highest BCUT2D eigenvalue weighted by atomic mass is 19.1. The van der Waals surface area contributed by atoms with Gasteiger partial charge in [0.2, 0.25) is 5.91 Å². The van der Waals surface area contributed by atoms with E-state index >= 15 is 0 Å². The lowest BCUT2D eigenvalue weighted by Gasteiger charge is -2.07. The van der Waals surface area contributed by atoms with Gasteiger partial charge in [-0.15, -0.1) is 6.42 Å². The molecule has 0 heterocycles. The van der Waals surface area contributed by atoms with Gasteiger partial charge in [0.05, 0.1) is 13.1 Å². The molecule has 0 aromatic heterocycles. The van der Waals surface area contributed by atoms with E-state index < -0.39 is 23.2 Å². The molecule has 16 heavy (non-hydrogen) atoms. The fraction of sp³-hybridized carbons (Fsp3) is 0.182. The first-order valence-electron chi connectivity index (χ1n) is 4.53. The second-order valence-corrected chi connectivity index (χ2v) is 2.95. The Bertz CT molecular complexity index is 406. The van der Waals surface area contributed by atoms with Crippen LogP contribution in [0.3, 0.4) is 0 Å². The number of nitrogens with one attached hydrogen (secondary N) is 2. The van der Waals surface area contributed by atoms with E-state index in [1.807, 2.05) is 0 Å². The summed E-state index contributed by atoms with van der Waals surface area (Å²) >= 11 is 0. The smallest absolute Gasteiger partial charge is 0.238 e. The van der Waals surface area contributed by atoms with Gasteiger partial charge in [-0.3, -0.25) is 10.1 Å². The van der Waals surface area contributed by atoms with E-state index in [1.165, 1.54) is 6.07 Å². The SMILES string of the molecule is C#CCNCC(=O)Nc1c(F)cccc1F. The van der Waals surface area contributed by atoms with Gasteiger partial charge in [-0.1, -0.05) is 12.0 Å². The number of anilines is 1. The average Bonchev–Trinajstić information content (AvgIpc) is 2.24. The van der Waals surface area contributed by atoms with Gasteiger partial charge in [-0.2, -0.15) is 0 Å². The Morgan fingerprint density at radius 1 is 1.38 bits per heavy atom. The first-order valence-corrected chi connectivity index (χ1v) is 4.53. The van der Waals surface area contributed by atoms with E-state index in [0.29, 0.717) is 0 Å². The maximum absolute atomic E-state index is 13.1. The van der Waals surface area contributed by atoms with Gasteiger partial charge < -0.3 is 5.32 Å². The number of carbonyl (C=O) groups is 1. The van der Waals surface area contributed by atoms with E-state index in [0.717, 1.165) is 12.1 Å². The Labute approximate surface area is 91.8 Å². The van der Waals surface area contributed by atoms with Crippen LogP contribution in [-0.4, -0.2) is 19.0 Å². The van der Waals surface area contributed by atoms with Crippen LogP contribution < -0.4 is 10.6 Å². The Balaban J connectivity index is 2.60. The molecule has 3 nitrogen and oxygen atoms in total. The summed E-state index contributed by atoms with van der Waals surface area (Å²) in [6, 6.07) is 3.35. The molecule has 0 saturated carbocycles. The van der Waals surface area contributed by atoms with Crippen LogP contribution in [0.2, 0.25) is 0 Å². The third kappa shape index (κ3) is 3.33. The number of hydrogen-bond donors (Lipinski definition) is 2. The zero-order valence-corrected chi connectivity index (χ0v) is 8.39. The predicted octanol–water partition coefficient (Wildman–Crippen LogP) is 1.13. The number of terminal acetylenes is 1. The molecule has 0 aliphatic rings. The van der Waals surface area contributed by atoms with Crippen molar-refractivity contribution in [2.75, 3.05) is 18.4 Å². The van der Waals surface area contributed by atoms with Gasteiger partial charge in [-0.05, 0) is 12.1 Å². The first kappa shape index (κ1) is 12.1. The highest BCUT2D eigenvalue weighted by molar-refractivity contribution is 5.92. The summed E-state index contributed by atoms with van der Waals surface area (Å²) in [7, 11) is 0. The summed E-state index contributed by atoms with van der Waals surface area (Å²) in [5.41, 5.74) is -0.449. The Kier molecular flexibility index (Phi) is 4.42. The van der Waals surface area contributed by atoms with E-state index in [1.54, 1.807) is 0 Å². The van der Waals surface area contributed by atoms with E-state index in [4.69, 9.17) is 6.42 Å². The quantitative estimate of drug-likeness (QED) is 0.594. The van der Waals surface area contributed by atoms with Crippen LogP contribution in [0.25, 0.3) is 0 Å². The summed E-state index contributed by atoms with van der Waals surface area (Å²) in [5, 5.41) is 4.72. The maximum atomic E-state index is 13.1. The number of amides is 1. The molecular formula is C11H10F2N2O. The van der Waals surface area contributed by atoms with Crippen LogP contribution in [0.5, 0.6) is 0 Å². The summed E-state index contributed by atoms with van der Waals surface area (Å²) < 4.78 is 26.2. The van der Waals surface area contributed by atoms with Crippen LogP contribution in [-0.2, 0) is 4.79 Å². The highest BCUT2D eigenvalue weighted by Gasteiger charge is 2.10. The van der Waals surface area contributed by atoms with Crippen molar-refractivity contribution in [1.82, 2.24) is 5.32 Å². The van der Waals surface area contributed by atoms with Crippen molar-refractivity contribution in [1.29, 1.82) is 0 Å². The minimum absolute atomic E-state index is 0.0992. The largest absolute Gasteiger partial charge is 0.320 e. The number of carbonyl (C=O) groups excluding carboxylic acids is 1. The van der Waals surface area contributed by atoms with Gasteiger partial charge in [-0.25, -0.2) is 8.78 Å². The average molecular weight is 224 g/mol. The third-order valence-corrected chi connectivity index (χ3v) is 1.74. The lowest BCUT2D eigenvalue weighted by atomic mass is 10.3. The molecule has 0 spiro atoms. The predicted molar refractivity (Wildman–Crippen MR) is 56.7 cm³/mol. The van der Waals surface area contributed by atoms with Crippen molar-refractivity contribution >= 4 is 11.6 Å². The van der Waals surface area contributed by atoms with Crippen molar-refractivity contribution in [2.45, 2.75) is 0 Å². The molecule has 0 fully saturated rings. The molecule has 1 amide bonds. The van der Waals surface area contributed by atoms with Crippen molar-refractivity contribution in [3.8, 4) is 12.3 Å². The number of para-hydroxylation sites is 1. The third-order valence-electron chi connectivity index (χ3n) is 1.74. The topological polar surface area (TPSA) is 41.1 Å². The molecule has 0 bridgehead atoms. The van der Waals surface area contributed by atoms with Crippen molar-refractivity contribution < 1.29 is 13.6 Å². The van der Waals surface area contributed by atoms with E-state index in [2.05, 4.69) is 16.6 Å². The number of rotatable bonds is 4. The van der Waals surface area contributed by atoms with Crippen molar-refractivity contribution in [2.24, 2.45) is 0 Å². The lowest BCUT2D eigenvalue weighted by molar-refractivity contribution is -0.115. The number of hydrogen-bond acceptors (Lipinski definition) is 2. The second-order valence-electron chi connectivity index (χ2n) is 2.95. The summed E-state index contributed by atoms with van der Waals surface area (Å²) in [5.74, 6) is 0.0851. The molecule has 84 valence electrons. The Morgan fingerprint density at radius 2 is 2.00 bits per heavy atom. The number of benzene rings is 1. The fourth-order valence-electron chi connectivity index (χ4n) is 1.05. The summed E-state index contributed by atoms with van der Waals surface area (Å²) in [4.78, 5) is 11.2. The zero-order chi connectivity index (χ0) is 12.0. The normalized spacial score (nSPS) is 9.56. The molecule has 5 heteroatoms. The van der Waals surface area contributed by atoms with Gasteiger partial charge in [0.1, 0.15) is 17.3 Å². The van der Waals surface area contributed by atoms with Gasteiger partial charge in [0, 0.05) is 0 Å². The molecule has 0 aliphatic carbocycles. The molecule has 1 rings (SSSR count). The van der Waals surface area contributed by atoms with Crippen molar-refractivity contribution in [3.63, 3.8) is 0 Å². The highest BCUT2D eigenvalue weighted by Crippen LogP contribution is 2.17. The van der Waals surface area contributed by atoms with Crippen LogP contribution in [0, 0.1) is 24.0 Å². The summed E-state index contributed by atoms with van der Waals surface area (Å²) in [6.07, 6.45) is 4.95. The van der Waals surface area contributed by atoms with E-state index in [9.17, 15) is 13.6 Å². The minimum Gasteiger partial charge on any atom is -0.320 e. The zero-order valence-electron chi connectivity index (χ0n) is 8.39. The molecule has 0 atom stereocenters. The van der Waals surface area contributed by atoms with Crippen LogP contribution in [0.1, 0.15) is 0 Å². The molecule has 1 aromatic carbocycles. The maximum Gasteiger partial charge on any atom is 0.238 e. The lowest BCUT2D eigenvalue weighted by Crippen LogP contribution is -2.28. The monoisotopic (exact) mass is 224 g/mol. The van der Waals surface area contributed by atoms with Crippen molar-refractivity contribution in [3.05, 3.63) is 29.8 Å². The van der Waals surface area contributed by atoms with Gasteiger partial charge in [0.25, 0.3) is 0 Å². The molecule has 1 aromatic rings. The summed E-state index contributed by atoms with van der Waals surface area (Å²) in [6.45, 7) is 0.116. The van der Waals surface area contributed by atoms with Crippen LogP contribution in [0.4, 0.5) is 14.5 Å². The molecule has 0 unspecified atom stereocenters. The molecular weight excluding hydrogens is 214 g/mol. The molecule has 0 radical (unpaired) electrons.